The van der Waals surface area contributed by atoms with Gasteiger partial charge in [0.05, 0.1) is 17.8 Å². The van der Waals surface area contributed by atoms with Gasteiger partial charge in [0.2, 0.25) is 12.0 Å². The van der Waals surface area contributed by atoms with Crippen LogP contribution in [-0.4, -0.2) is 22.8 Å². The minimum absolute atomic E-state index is 0.0862. The van der Waals surface area contributed by atoms with Gasteiger partial charge < -0.3 is 18.7 Å². The highest BCUT2D eigenvalue weighted by atomic mass is 16.6. The highest BCUT2D eigenvalue weighted by molar-refractivity contribution is 5.97. The van der Waals surface area contributed by atoms with Crippen LogP contribution >= 0.6 is 0 Å². The van der Waals surface area contributed by atoms with E-state index in [1.807, 2.05) is 93.5 Å². The van der Waals surface area contributed by atoms with Gasteiger partial charge in [-0.15, -0.1) is 0 Å². The van der Waals surface area contributed by atoms with Gasteiger partial charge >= 0.3 is 11.9 Å². The number of allylic oxidation sites excluding steroid dienone is 3. The standard InChI is InChI=1S/C12H22O3.C11H18O2.C11H16O2.C5H5O/c1-7-11(3,4)9(13)15-10(14)12(5,6)8-2;2*1-5-11(3,4)10(12)9-7-6-8(2)13-9;1-5-3-2-4-6-5/h7-8H2,1-6H3;6-7,10,12H,5H2,1-4H3;6-7H,5H2,1-4H3;2-3H,1H3/q;;;+1/t;10-;;/m.1../s1. The number of aliphatic hydroxyl groups excluding tert-OH is 1. The van der Waals surface area contributed by atoms with Gasteiger partial charge in [-0.1, -0.05) is 55.4 Å². The normalized spacial score (nSPS) is 13.2. The Hall–Kier alpha value is -3.48. The average molecular weight is 658 g/mol. The number of carbonyl (C=O) groups excluding carboxylic acids is 3. The highest BCUT2D eigenvalue weighted by Crippen LogP contribution is 2.36. The molecule has 3 heterocycles. The van der Waals surface area contributed by atoms with Crippen LogP contribution < -0.4 is 0 Å². The maximum atomic E-state index is 11.8. The first kappa shape index (κ1) is 43.5. The Morgan fingerprint density at radius 2 is 1.19 bits per heavy atom. The van der Waals surface area contributed by atoms with Crippen LogP contribution in [0.4, 0.5) is 0 Å². The van der Waals surface area contributed by atoms with Crippen LogP contribution in [0.15, 0.2) is 51.0 Å². The zero-order valence-electron chi connectivity index (χ0n) is 31.7. The van der Waals surface area contributed by atoms with Crippen molar-refractivity contribution >= 4 is 17.7 Å². The molecule has 1 aliphatic rings. The van der Waals surface area contributed by atoms with E-state index >= 15 is 0 Å². The predicted octanol–water partition coefficient (Wildman–Crippen LogP) is 10.4. The topological polar surface area (TPSA) is 116 Å². The van der Waals surface area contributed by atoms with Gasteiger partial charge in [0, 0.05) is 5.41 Å². The molecule has 1 N–H and O–H groups in total. The molecule has 264 valence electrons. The van der Waals surface area contributed by atoms with Gasteiger partial charge in [0.25, 0.3) is 5.76 Å². The molecule has 1 atom stereocenters. The number of aryl methyl sites for hydroxylation is 2. The fraction of sp³-hybridized carbons (Fsp3) is 0.615. The molecule has 8 nitrogen and oxygen atoms in total. The molecule has 1 aliphatic heterocycles. The van der Waals surface area contributed by atoms with Crippen molar-refractivity contribution < 1.29 is 37.8 Å². The van der Waals surface area contributed by atoms with Gasteiger partial charge in [-0.3, -0.25) is 19.1 Å². The third-order valence-corrected chi connectivity index (χ3v) is 8.81. The average Bonchev–Trinajstić information content (AvgIpc) is 3.79. The highest BCUT2D eigenvalue weighted by Gasteiger charge is 2.35. The predicted molar refractivity (Wildman–Crippen MR) is 186 cm³/mol. The lowest BCUT2D eigenvalue weighted by Crippen LogP contribution is -2.34. The van der Waals surface area contributed by atoms with Crippen molar-refractivity contribution in [1.82, 2.24) is 0 Å². The van der Waals surface area contributed by atoms with Crippen LogP contribution in [0.3, 0.4) is 0 Å². The Morgan fingerprint density at radius 3 is 1.49 bits per heavy atom. The minimum Gasteiger partial charge on any atom is -0.464 e. The minimum atomic E-state index is -0.584. The summed E-state index contributed by atoms with van der Waals surface area (Å²) in [5, 5.41) is 9.97. The second-order valence-electron chi connectivity index (χ2n) is 14.5. The molecule has 0 saturated carbocycles. The number of aliphatic hydroxyl groups is 1. The van der Waals surface area contributed by atoms with Gasteiger partial charge in [-0.2, -0.15) is 0 Å². The summed E-state index contributed by atoms with van der Waals surface area (Å²) < 4.78 is 20.3. The van der Waals surface area contributed by atoms with Crippen LogP contribution in [0, 0.1) is 41.8 Å². The van der Waals surface area contributed by atoms with Crippen molar-refractivity contribution in [2.45, 2.75) is 136 Å². The summed E-state index contributed by atoms with van der Waals surface area (Å²) in [5.74, 6) is 2.91. The van der Waals surface area contributed by atoms with Crippen molar-refractivity contribution in [2.75, 3.05) is 0 Å². The number of carbonyl (C=O) groups is 3. The second kappa shape index (κ2) is 18.8. The van der Waals surface area contributed by atoms with Crippen molar-refractivity contribution in [3.05, 3.63) is 71.5 Å². The summed E-state index contributed by atoms with van der Waals surface area (Å²) in [5.41, 5.74) is -1.60. The van der Waals surface area contributed by atoms with Crippen LogP contribution in [0.25, 0.3) is 0 Å². The molecule has 0 saturated heterocycles. The Kier molecular flexibility index (Phi) is 17.4. The van der Waals surface area contributed by atoms with Gasteiger partial charge in [0.15, 0.2) is 11.8 Å². The first-order valence-electron chi connectivity index (χ1n) is 16.6. The molecule has 2 aromatic heterocycles. The number of Topliss-reactive ketones (excluding diaryl/α,β-unsaturated/α-hetero) is 1. The Bertz CT molecular complexity index is 1300. The fourth-order valence-corrected chi connectivity index (χ4v) is 3.19. The number of rotatable bonds is 10. The summed E-state index contributed by atoms with van der Waals surface area (Å²) in [4.78, 5) is 35.1. The van der Waals surface area contributed by atoms with E-state index in [2.05, 4.69) is 13.2 Å². The molecule has 0 unspecified atom stereocenters. The van der Waals surface area contributed by atoms with Crippen LogP contribution in [-0.2, 0) is 19.1 Å². The third-order valence-electron chi connectivity index (χ3n) is 8.81. The van der Waals surface area contributed by atoms with Gasteiger partial charge in [-0.05, 0) is 96.9 Å². The lowest BCUT2D eigenvalue weighted by Gasteiger charge is -2.27. The lowest BCUT2D eigenvalue weighted by atomic mass is 9.83. The van der Waals surface area contributed by atoms with E-state index in [4.69, 9.17) is 18.3 Å². The van der Waals surface area contributed by atoms with Crippen molar-refractivity contribution in [2.24, 2.45) is 21.7 Å². The molecule has 47 heavy (non-hydrogen) atoms. The molecule has 0 aromatic carbocycles. The molecule has 2 aromatic rings. The maximum absolute atomic E-state index is 11.8. The van der Waals surface area contributed by atoms with Gasteiger partial charge in [-0.25, -0.2) is 0 Å². The number of esters is 2. The number of hydrogen-bond donors (Lipinski definition) is 1. The molecule has 0 fully saturated rings. The smallest absolute Gasteiger partial charge is 0.319 e. The summed E-state index contributed by atoms with van der Waals surface area (Å²) in [6.07, 6.45) is 8.72. The van der Waals surface area contributed by atoms with Crippen molar-refractivity contribution in [3.8, 4) is 0 Å². The third kappa shape index (κ3) is 14.4. The zero-order valence-corrected chi connectivity index (χ0v) is 31.7. The molecule has 0 bridgehead atoms. The summed E-state index contributed by atoms with van der Waals surface area (Å²) in [6, 6.07) is 7.29. The number of hydrogen-bond acceptors (Lipinski definition) is 8. The molecule has 0 radical (unpaired) electrons. The first-order chi connectivity index (χ1) is 21.5. The molecule has 8 heteroatoms. The molecule has 3 rings (SSSR count). The number of furan rings is 2. The van der Waals surface area contributed by atoms with E-state index in [9.17, 15) is 19.5 Å². The summed E-state index contributed by atoms with van der Waals surface area (Å²) in [6.45, 7) is 28.6. The molecular weight excluding hydrogens is 596 g/mol. The van der Waals surface area contributed by atoms with Crippen molar-refractivity contribution in [1.29, 1.82) is 0 Å². The Labute approximate surface area is 284 Å². The summed E-state index contributed by atoms with van der Waals surface area (Å²) >= 11 is 0. The molecular formula is C39H61O8+. The Balaban J connectivity index is 0.000000620. The number of ketones is 1. The van der Waals surface area contributed by atoms with Crippen molar-refractivity contribution in [3.63, 3.8) is 0 Å². The first-order valence-corrected chi connectivity index (χ1v) is 16.6. The van der Waals surface area contributed by atoms with E-state index in [0.717, 1.165) is 30.1 Å². The van der Waals surface area contributed by atoms with Crippen LogP contribution in [0.1, 0.15) is 150 Å². The number of ether oxygens (including phenoxy) is 2. The SMILES string of the molecule is CC1=CC=[C+]O1.CCC(C)(C)C(=O)OC(=O)C(C)(C)CC.CCC(C)(C)C(=O)c1ccc(C)o1.CCC(C)(C)[C@H](O)c1ccc(C)o1. The monoisotopic (exact) mass is 657 g/mol. The van der Waals surface area contributed by atoms with E-state index < -0.39 is 28.9 Å². The maximum Gasteiger partial charge on any atom is 0.319 e. The largest absolute Gasteiger partial charge is 0.464 e. The van der Waals surface area contributed by atoms with Crippen LogP contribution in [0.2, 0.25) is 0 Å². The lowest BCUT2D eigenvalue weighted by molar-refractivity contribution is -0.172. The Morgan fingerprint density at radius 1 is 0.723 bits per heavy atom. The van der Waals surface area contributed by atoms with E-state index in [0.29, 0.717) is 24.4 Å². The molecule has 0 spiro atoms. The fourth-order valence-electron chi connectivity index (χ4n) is 3.19. The van der Waals surface area contributed by atoms with E-state index in [1.165, 1.54) is 0 Å². The van der Waals surface area contributed by atoms with E-state index in [1.54, 1.807) is 39.8 Å². The molecule has 0 aliphatic carbocycles. The van der Waals surface area contributed by atoms with Crippen LogP contribution in [0.5, 0.6) is 0 Å². The second-order valence-corrected chi connectivity index (χ2v) is 14.5. The molecule has 0 amide bonds. The quantitative estimate of drug-likeness (QED) is 0.116. The van der Waals surface area contributed by atoms with Gasteiger partial charge in [0.1, 0.15) is 29.5 Å². The van der Waals surface area contributed by atoms with E-state index in [-0.39, 0.29) is 16.6 Å². The zero-order chi connectivity index (χ0) is 36.8. The summed E-state index contributed by atoms with van der Waals surface area (Å²) in [7, 11) is 0.